The Hall–Kier alpha value is -0.150. The predicted molar refractivity (Wildman–Crippen MR) is 82.4 cm³/mol. The molecule has 0 spiro atoms. The molecule has 0 saturated heterocycles. The van der Waals surface area contributed by atoms with Gasteiger partial charge in [-0.15, -0.1) is 0 Å². The Morgan fingerprint density at radius 1 is 1.28 bits per heavy atom. The Kier molecular flexibility index (Phi) is 5.43. The van der Waals surface area contributed by atoms with Crippen molar-refractivity contribution in [3.05, 3.63) is 39.6 Å². The molecule has 0 radical (unpaired) electrons. The van der Waals surface area contributed by atoms with Gasteiger partial charge in [0.1, 0.15) is 5.82 Å². The minimum Gasteiger partial charge on any atom is -0.207 e. The Morgan fingerprint density at radius 2 is 2.00 bits per heavy atom. The van der Waals surface area contributed by atoms with Crippen LogP contribution in [0.4, 0.5) is 4.39 Å². The molecule has 0 aromatic heterocycles. The lowest BCUT2D eigenvalue weighted by molar-refractivity contribution is 0.405. The van der Waals surface area contributed by atoms with Crippen molar-refractivity contribution in [2.24, 2.45) is 5.92 Å². The summed E-state index contributed by atoms with van der Waals surface area (Å²) in [6, 6.07) is 4.85. The molecular weight excluding hydrogens is 359 g/mol. The highest BCUT2D eigenvalue weighted by molar-refractivity contribution is 9.10. The van der Waals surface area contributed by atoms with Gasteiger partial charge in [-0.25, -0.2) is 4.39 Å². The zero-order valence-corrected chi connectivity index (χ0v) is 13.4. The fourth-order valence-corrected chi connectivity index (χ4v) is 3.54. The third-order valence-electron chi connectivity index (χ3n) is 3.58. The molecule has 0 bridgehead atoms. The molecule has 98 valence electrons. The van der Waals surface area contributed by atoms with E-state index in [1.165, 1.54) is 43.7 Å². The highest BCUT2D eigenvalue weighted by atomic mass is 79.9. The lowest BCUT2D eigenvalue weighted by atomic mass is 9.84. The summed E-state index contributed by atoms with van der Waals surface area (Å²) in [5, 5.41) is 0.876. The summed E-state index contributed by atoms with van der Waals surface area (Å²) in [5.41, 5.74) is 2.33. The Morgan fingerprint density at radius 3 is 2.67 bits per heavy atom. The highest BCUT2D eigenvalue weighted by Gasteiger charge is 2.17. The fraction of sp³-hybridized carbons (Fsp3) is 0.467. The van der Waals surface area contributed by atoms with Crippen LogP contribution in [-0.4, -0.2) is 5.33 Å². The van der Waals surface area contributed by atoms with Gasteiger partial charge in [-0.2, -0.15) is 0 Å². The SMILES string of the molecule is Fc1ccc(Br)c(/C=C(/CBr)C2CCCCC2)c1. The number of hydrogen-bond donors (Lipinski definition) is 0. The van der Waals surface area contributed by atoms with Gasteiger partial charge in [0.05, 0.1) is 0 Å². The smallest absolute Gasteiger partial charge is 0.123 e. The van der Waals surface area contributed by atoms with Crippen molar-refractivity contribution >= 4 is 37.9 Å². The summed E-state index contributed by atoms with van der Waals surface area (Å²) < 4.78 is 14.2. The highest BCUT2D eigenvalue weighted by Crippen LogP contribution is 2.32. The number of rotatable bonds is 3. The Labute approximate surface area is 125 Å². The van der Waals surface area contributed by atoms with Gasteiger partial charge in [-0.3, -0.25) is 0 Å². The molecule has 1 fully saturated rings. The van der Waals surface area contributed by atoms with Crippen LogP contribution in [0.3, 0.4) is 0 Å². The maximum Gasteiger partial charge on any atom is 0.123 e. The van der Waals surface area contributed by atoms with Gasteiger partial charge in [0.15, 0.2) is 0 Å². The first-order chi connectivity index (χ1) is 8.70. The molecule has 1 saturated carbocycles. The molecule has 0 N–H and O–H groups in total. The van der Waals surface area contributed by atoms with Crippen molar-refractivity contribution in [2.75, 3.05) is 5.33 Å². The first-order valence-corrected chi connectivity index (χ1v) is 8.33. The molecule has 0 atom stereocenters. The van der Waals surface area contributed by atoms with E-state index >= 15 is 0 Å². The van der Waals surface area contributed by atoms with Crippen LogP contribution in [0.25, 0.3) is 6.08 Å². The second kappa shape index (κ2) is 6.85. The number of alkyl halides is 1. The van der Waals surface area contributed by atoms with Gasteiger partial charge in [-0.05, 0) is 42.5 Å². The van der Waals surface area contributed by atoms with Gasteiger partial charge in [0, 0.05) is 9.80 Å². The van der Waals surface area contributed by atoms with E-state index in [2.05, 4.69) is 37.9 Å². The van der Waals surface area contributed by atoms with Crippen LogP contribution in [0, 0.1) is 11.7 Å². The van der Waals surface area contributed by atoms with E-state index in [9.17, 15) is 4.39 Å². The van der Waals surface area contributed by atoms with Gasteiger partial charge < -0.3 is 0 Å². The molecular formula is C15H17Br2F. The molecule has 0 nitrogen and oxygen atoms in total. The van der Waals surface area contributed by atoms with Crippen LogP contribution in [0.15, 0.2) is 28.2 Å². The summed E-state index contributed by atoms with van der Waals surface area (Å²) in [5.74, 6) is 0.482. The van der Waals surface area contributed by atoms with Crippen LogP contribution in [0.1, 0.15) is 37.7 Å². The van der Waals surface area contributed by atoms with E-state index in [1.807, 2.05) is 0 Å². The van der Waals surface area contributed by atoms with E-state index in [-0.39, 0.29) is 5.82 Å². The summed E-state index contributed by atoms with van der Waals surface area (Å²) >= 11 is 7.06. The standard InChI is InChI=1S/C15H17Br2F/c16-10-13(11-4-2-1-3-5-11)8-12-9-14(18)6-7-15(12)17/h6-9,11H,1-5,10H2/b13-8-. The van der Waals surface area contributed by atoms with E-state index in [4.69, 9.17) is 0 Å². The average molecular weight is 376 g/mol. The number of benzene rings is 1. The lowest BCUT2D eigenvalue weighted by Gasteiger charge is -2.23. The maximum atomic E-state index is 13.3. The molecule has 1 aromatic rings. The van der Waals surface area contributed by atoms with Crippen molar-refractivity contribution in [2.45, 2.75) is 32.1 Å². The van der Waals surface area contributed by atoms with Gasteiger partial charge in [-0.1, -0.05) is 62.8 Å². The van der Waals surface area contributed by atoms with Gasteiger partial charge >= 0.3 is 0 Å². The van der Waals surface area contributed by atoms with Crippen molar-refractivity contribution in [1.82, 2.24) is 0 Å². The van der Waals surface area contributed by atoms with Crippen LogP contribution < -0.4 is 0 Å². The first-order valence-electron chi connectivity index (χ1n) is 6.42. The first kappa shape index (κ1) is 14.3. The van der Waals surface area contributed by atoms with Gasteiger partial charge in [0.2, 0.25) is 0 Å². The largest absolute Gasteiger partial charge is 0.207 e. The van der Waals surface area contributed by atoms with E-state index < -0.39 is 0 Å². The fourth-order valence-electron chi connectivity index (χ4n) is 2.56. The van der Waals surface area contributed by atoms with E-state index in [0.29, 0.717) is 5.92 Å². The third-order valence-corrected chi connectivity index (χ3v) is 4.95. The monoisotopic (exact) mass is 374 g/mol. The Bertz CT molecular complexity index is 434. The molecule has 3 heteroatoms. The summed E-state index contributed by atoms with van der Waals surface area (Å²) in [7, 11) is 0. The zero-order chi connectivity index (χ0) is 13.0. The second-order valence-corrected chi connectivity index (χ2v) is 6.27. The van der Waals surface area contributed by atoms with Crippen LogP contribution >= 0.6 is 31.9 Å². The van der Waals surface area contributed by atoms with Crippen molar-refractivity contribution < 1.29 is 4.39 Å². The lowest BCUT2D eigenvalue weighted by Crippen LogP contribution is -2.10. The molecule has 1 aliphatic rings. The molecule has 0 heterocycles. The van der Waals surface area contributed by atoms with Crippen LogP contribution in [-0.2, 0) is 0 Å². The number of allylic oxidation sites excluding steroid dienone is 1. The molecule has 2 rings (SSSR count). The van der Waals surface area contributed by atoms with Crippen molar-refractivity contribution in [3.63, 3.8) is 0 Å². The number of hydrogen-bond acceptors (Lipinski definition) is 0. The quantitative estimate of drug-likeness (QED) is 0.573. The minimum atomic E-state index is -0.179. The average Bonchev–Trinajstić information content (AvgIpc) is 2.41. The summed E-state index contributed by atoms with van der Waals surface area (Å²) in [6.07, 6.45) is 8.67. The molecule has 1 aromatic carbocycles. The Balaban J connectivity index is 2.24. The predicted octanol–water partition coefficient (Wildman–Crippen LogP) is 5.95. The zero-order valence-electron chi connectivity index (χ0n) is 10.3. The van der Waals surface area contributed by atoms with E-state index in [0.717, 1.165) is 15.4 Å². The second-order valence-electron chi connectivity index (χ2n) is 4.85. The molecule has 0 amide bonds. The molecule has 0 unspecified atom stereocenters. The number of halogens is 3. The topological polar surface area (TPSA) is 0 Å². The molecule has 18 heavy (non-hydrogen) atoms. The van der Waals surface area contributed by atoms with Crippen LogP contribution in [0.5, 0.6) is 0 Å². The van der Waals surface area contributed by atoms with Crippen LogP contribution in [0.2, 0.25) is 0 Å². The van der Waals surface area contributed by atoms with Gasteiger partial charge in [0.25, 0.3) is 0 Å². The summed E-state index contributed by atoms with van der Waals surface area (Å²) in [4.78, 5) is 0. The minimum absolute atomic E-state index is 0.179. The van der Waals surface area contributed by atoms with E-state index in [1.54, 1.807) is 12.1 Å². The summed E-state index contributed by atoms with van der Waals surface area (Å²) in [6.45, 7) is 0. The van der Waals surface area contributed by atoms with Crippen molar-refractivity contribution in [3.8, 4) is 0 Å². The normalized spacial score (nSPS) is 18.1. The third kappa shape index (κ3) is 3.67. The molecule has 1 aliphatic carbocycles. The molecule has 0 aliphatic heterocycles. The van der Waals surface area contributed by atoms with Crippen molar-refractivity contribution in [1.29, 1.82) is 0 Å². The maximum absolute atomic E-state index is 13.3.